The van der Waals surface area contributed by atoms with Crippen molar-refractivity contribution in [1.29, 1.82) is 0 Å². The molecule has 0 spiro atoms. The summed E-state index contributed by atoms with van der Waals surface area (Å²) in [6.07, 6.45) is 2.83. The molecule has 1 fully saturated rings. The topological polar surface area (TPSA) is 92.3 Å². The summed E-state index contributed by atoms with van der Waals surface area (Å²) in [6.45, 7) is 3.07. The number of aromatic nitrogens is 2. The number of nitrogens with zero attached hydrogens (tertiary/aromatic N) is 3. The third kappa shape index (κ3) is 3.84. The Morgan fingerprint density at radius 3 is 2.48 bits per heavy atom. The van der Waals surface area contributed by atoms with Crippen LogP contribution in [0.1, 0.15) is 34.6 Å². The molecule has 0 atom stereocenters. The summed E-state index contributed by atoms with van der Waals surface area (Å²) in [5.41, 5.74) is 2.08. The zero-order chi connectivity index (χ0) is 21.6. The highest BCUT2D eigenvalue weighted by atomic mass is 32.2. The first kappa shape index (κ1) is 20.5. The molecule has 5 rings (SSSR count). The number of fused-ring (bicyclic) bond motifs is 3. The lowest BCUT2D eigenvalue weighted by atomic mass is 10.2. The van der Waals surface area contributed by atoms with Crippen molar-refractivity contribution >= 4 is 64.2 Å². The van der Waals surface area contributed by atoms with Gasteiger partial charge < -0.3 is 0 Å². The van der Waals surface area contributed by atoms with Gasteiger partial charge in [0.2, 0.25) is 10.0 Å². The second-order valence-corrected chi connectivity index (χ2v) is 11.6. The number of thiazole rings is 2. The van der Waals surface area contributed by atoms with Crippen molar-refractivity contribution in [1.82, 2.24) is 14.3 Å². The predicted molar refractivity (Wildman–Crippen MR) is 125 cm³/mol. The van der Waals surface area contributed by atoms with Gasteiger partial charge in [-0.2, -0.15) is 4.31 Å². The van der Waals surface area contributed by atoms with Gasteiger partial charge in [0.1, 0.15) is 5.52 Å². The molecule has 3 heterocycles. The standard InChI is InChI=1S/C21H20N4O3S3/c1-13-22-18-17(29-13)10-9-16-19(18)30-21(23-16)24-20(26)14-5-7-15(8-6-14)31(27,28)25-11-3-2-4-12-25/h5-10H,2-4,11-12H2,1H3,(H,23,24,26). The number of sulfonamides is 1. The second kappa shape index (κ2) is 7.94. The normalized spacial score (nSPS) is 15.5. The van der Waals surface area contributed by atoms with Crippen LogP contribution in [-0.2, 0) is 10.0 Å². The third-order valence-electron chi connectivity index (χ3n) is 5.31. The van der Waals surface area contributed by atoms with Crippen LogP contribution in [0.5, 0.6) is 0 Å². The van der Waals surface area contributed by atoms with Crippen molar-refractivity contribution < 1.29 is 13.2 Å². The molecular formula is C21H20N4O3S3. The molecule has 0 saturated carbocycles. The van der Waals surface area contributed by atoms with Crippen molar-refractivity contribution in [3.63, 3.8) is 0 Å². The largest absolute Gasteiger partial charge is 0.298 e. The quantitative estimate of drug-likeness (QED) is 0.467. The lowest BCUT2D eigenvalue weighted by molar-refractivity contribution is 0.102. The summed E-state index contributed by atoms with van der Waals surface area (Å²) in [5, 5.41) is 4.30. The number of carbonyl (C=O) groups excluding carboxylic acids is 1. The minimum atomic E-state index is -3.51. The minimum Gasteiger partial charge on any atom is -0.298 e. The van der Waals surface area contributed by atoms with E-state index >= 15 is 0 Å². The summed E-state index contributed by atoms with van der Waals surface area (Å²) >= 11 is 3.02. The first-order chi connectivity index (χ1) is 14.9. The molecule has 0 radical (unpaired) electrons. The molecule has 0 unspecified atom stereocenters. The Morgan fingerprint density at radius 1 is 1.00 bits per heavy atom. The van der Waals surface area contributed by atoms with Gasteiger partial charge in [0.05, 0.1) is 24.8 Å². The van der Waals surface area contributed by atoms with Gasteiger partial charge in [-0.3, -0.25) is 10.1 Å². The van der Waals surface area contributed by atoms with E-state index in [4.69, 9.17) is 0 Å². The summed E-state index contributed by atoms with van der Waals surface area (Å²) in [4.78, 5) is 22.0. The number of amides is 1. The summed E-state index contributed by atoms with van der Waals surface area (Å²) in [6, 6.07) is 10.0. The van der Waals surface area contributed by atoms with Crippen molar-refractivity contribution in [2.45, 2.75) is 31.1 Å². The van der Waals surface area contributed by atoms with E-state index in [1.54, 1.807) is 23.5 Å². The number of piperidine rings is 1. The molecule has 7 nitrogen and oxygen atoms in total. The maximum Gasteiger partial charge on any atom is 0.257 e. The first-order valence-electron chi connectivity index (χ1n) is 10.00. The Kier molecular flexibility index (Phi) is 5.25. The minimum absolute atomic E-state index is 0.215. The van der Waals surface area contributed by atoms with Gasteiger partial charge in [0.15, 0.2) is 5.13 Å². The number of nitrogens with one attached hydrogen (secondary N) is 1. The van der Waals surface area contributed by atoms with E-state index in [-0.39, 0.29) is 10.8 Å². The van der Waals surface area contributed by atoms with Gasteiger partial charge in [-0.1, -0.05) is 17.8 Å². The average molecular weight is 473 g/mol. The fourth-order valence-electron chi connectivity index (χ4n) is 3.74. The van der Waals surface area contributed by atoms with Gasteiger partial charge in [0, 0.05) is 18.7 Å². The van der Waals surface area contributed by atoms with Crippen molar-refractivity contribution in [2.24, 2.45) is 0 Å². The molecule has 1 amide bonds. The number of hydrogen-bond donors (Lipinski definition) is 1. The highest BCUT2D eigenvalue weighted by molar-refractivity contribution is 7.89. The number of rotatable bonds is 4. The SMILES string of the molecule is Cc1nc2c(ccc3nc(NC(=O)c4ccc(S(=O)(=O)N5CCCCC5)cc4)sc32)s1. The fourth-order valence-corrected chi connectivity index (χ4v) is 7.11. The maximum absolute atomic E-state index is 12.8. The Bertz CT molecular complexity index is 1380. The fraction of sp³-hybridized carbons (Fsp3) is 0.286. The van der Waals surface area contributed by atoms with Crippen LogP contribution in [0.2, 0.25) is 0 Å². The molecule has 31 heavy (non-hydrogen) atoms. The number of hydrogen-bond acceptors (Lipinski definition) is 7. The Balaban J connectivity index is 1.36. The van der Waals surface area contributed by atoms with Crippen LogP contribution in [0.3, 0.4) is 0 Å². The maximum atomic E-state index is 12.8. The predicted octanol–water partition coefficient (Wildman–Crippen LogP) is 4.64. The van der Waals surface area contributed by atoms with Crippen LogP contribution in [0, 0.1) is 6.92 Å². The third-order valence-corrected chi connectivity index (χ3v) is 9.15. The lowest BCUT2D eigenvalue weighted by Gasteiger charge is -2.25. The Labute approximate surface area is 187 Å². The average Bonchev–Trinajstić information content (AvgIpc) is 3.36. The molecule has 160 valence electrons. The summed E-state index contributed by atoms with van der Waals surface area (Å²) < 4.78 is 29.1. The molecule has 0 bridgehead atoms. The van der Waals surface area contributed by atoms with Gasteiger partial charge in [0.25, 0.3) is 5.91 Å². The van der Waals surface area contributed by atoms with Crippen LogP contribution in [0.4, 0.5) is 5.13 Å². The highest BCUT2D eigenvalue weighted by Gasteiger charge is 2.26. The van der Waals surface area contributed by atoms with E-state index in [1.807, 2.05) is 19.1 Å². The number of anilines is 1. The highest BCUT2D eigenvalue weighted by Crippen LogP contribution is 2.34. The molecule has 2 aromatic heterocycles. The van der Waals surface area contributed by atoms with Crippen molar-refractivity contribution in [2.75, 3.05) is 18.4 Å². The van der Waals surface area contributed by atoms with Gasteiger partial charge in [-0.25, -0.2) is 18.4 Å². The van der Waals surface area contributed by atoms with Crippen LogP contribution in [-0.4, -0.2) is 41.7 Å². The molecule has 1 N–H and O–H groups in total. The molecule has 1 aliphatic rings. The summed E-state index contributed by atoms with van der Waals surface area (Å²) in [5.74, 6) is -0.327. The van der Waals surface area contributed by atoms with Crippen molar-refractivity contribution in [3.05, 3.63) is 47.0 Å². The van der Waals surface area contributed by atoms with E-state index in [0.717, 1.165) is 44.7 Å². The van der Waals surface area contributed by atoms with E-state index < -0.39 is 10.0 Å². The molecule has 0 aliphatic carbocycles. The zero-order valence-corrected chi connectivity index (χ0v) is 19.2. The number of aryl methyl sites for hydroxylation is 1. The molecular weight excluding hydrogens is 452 g/mol. The first-order valence-corrected chi connectivity index (χ1v) is 13.1. The molecule has 1 saturated heterocycles. The number of carbonyl (C=O) groups is 1. The molecule has 2 aromatic carbocycles. The van der Waals surface area contributed by atoms with E-state index in [0.29, 0.717) is 23.8 Å². The van der Waals surface area contributed by atoms with Crippen LogP contribution < -0.4 is 5.32 Å². The van der Waals surface area contributed by atoms with Crippen molar-refractivity contribution in [3.8, 4) is 0 Å². The molecule has 4 aromatic rings. The second-order valence-electron chi connectivity index (χ2n) is 7.46. The van der Waals surface area contributed by atoms with Gasteiger partial charge in [-0.05, 0) is 56.2 Å². The smallest absolute Gasteiger partial charge is 0.257 e. The Hall–Kier alpha value is -2.40. The van der Waals surface area contributed by atoms with Gasteiger partial charge in [-0.15, -0.1) is 11.3 Å². The van der Waals surface area contributed by atoms with E-state index in [1.165, 1.54) is 27.8 Å². The zero-order valence-electron chi connectivity index (χ0n) is 16.8. The van der Waals surface area contributed by atoms with Crippen LogP contribution >= 0.6 is 22.7 Å². The van der Waals surface area contributed by atoms with E-state index in [9.17, 15) is 13.2 Å². The van der Waals surface area contributed by atoms with E-state index in [2.05, 4.69) is 15.3 Å². The molecule has 10 heteroatoms. The molecule has 1 aliphatic heterocycles. The summed E-state index contributed by atoms with van der Waals surface area (Å²) in [7, 11) is -3.51. The lowest BCUT2D eigenvalue weighted by Crippen LogP contribution is -2.35. The number of benzene rings is 2. The van der Waals surface area contributed by atoms with Gasteiger partial charge >= 0.3 is 0 Å². The monoisotopic (exact) mass is 472 g/mol. The Morgan fingerprint density at radius 2 is 1.74 bits per heavy atom. The van der Waals surface area contributed by atoms with Crippen LogP contribution in [0.25, 0.3) is 20.4 Å². The van der Waals surface area contributed by atoms with Crippen LogP contribution in [0.15, 0.2) is 41.3 Å².